The van der Waals surface area contributed by atoms with Gasteiger partial charge in [-0.2, -0.15) is 0 Å². The molecule has 1 N–H and O–H groups in total. The molecular weight excluding hydrogens is 393 g/mol. The zero-order chi connectivity index (χ0) is 18.7. The van der Waals surface area contributed by atoms with E-state index in [0.717, 1.165) is 0 Å². The van der Waals surface area contributed by atoms with Gasteiger partial charge in [0.2, 0.25) is 0 Å². The molecule has 0 aliphatic heterocycles. The van der Waals surface area contributed by atoms with E-state index in [1.807, 2.05) is 0 Å². The monoisotopic (exact) mass is 403 g/mol. The summed E-state index contributed by atoms with van der Waals surface area (Å²) in [6, 6.07) is 17.9. The summed E-state index contributed by atoms with van der Waals surface area (Å²) >= 11 is 18.1. The van der Waals surface area contributed by atoms with E-state index in [2.05, 4.69) is 5.32 Å². The van der Waals surface area contributed by atoms with Gasteiger partial charge in [0.15, 0.2) is 5.78 Å². The van der Waals surface area contributed by atoms with Crippen LogP contribution in [0.2, 0.25) is 15.1 Å². The van der Waals surface area contributed by atoms with E-state index in [9.17, 15) is 9.59 Å². The molecule has 0 bridgehead atoms. The smallest absolute Gasteiger partial charge is 0.255 e. The molecule has 3 aromatic carbocycles. The summed E-state index contributed by atoms with van der Waals surface area (Å²) in [6.07, 6.45) is 0. The molecule has 3 nitrogen and oxygen atoms in total. The van der Waals surface area contributed by atoms with Crippen LogP contribution in [0, 0.1) is 0 Å². The summed E-state index contributed by atoms with van der Waals surface area (Å²) in [4.78, 5) is 25.4. The van der Waals surface area contributed by atoms with Gasteiger partial charge >= 0.3 is 0 Å². The molecule has 3 rings (SSSR count). The maximum absolute atomic E-state index is 12.9. The van der Waals surface area contributed by atoms with Crippen LogP contribution in [0.25, 0.3) is 0 Å². The van der Waals surface area contributed by atoms with Crippen LogP contribution >= 0.6 is 34.8 Å². The van der Waals surface area contributed by atoms with Crippen molar-refractivity contribution in [1.29, 1.82) is 0 Å². The number of carbonyl (C=O) groups is 2. The van der Waals surface area contributed by atoms with Gasteiger partial charge in [-0.05, 0) is 48.5 Å². The van der Waals surface area contributed by atoms with Crippen molar-refractivity contribution in [3.63, 3.8) is 0 Å². The minimum Gasteiger partial charge on any atom is -0.321 e. The predicted molar refractivity (Wildman–Crippen MR) is 106 cm³/mol. The van der Waals surface area contributed by atoms with Crippen molar-refractivity contribution in [2.45, 2.75) is 0 Å². The first-order chi connectivity index (χ1) is 12.5. The van der Waals surface area contributed by atoms with Gasteiger partial charge in [0, 0.05) is 26.7 Å². The van der Waals surface area contributed by atoms with Crippen molar-refractivity contribution < 1.29 is 9.59 Å². The van der Waals surface area contributed by atoms with Gasteiger partial charge in [0.05, 0.1) is 10.7 Å². The standard InChI is InChI=1S/C20H12Cl3NO2/c21-13-5-3-4-12(10-13)20(26)24-18-9-8-14(22)11-16(18)19(25)15-6-1-2-7-17(15)23/h1-11H,(H,24,26). The van der Waals surface area contributed by atoms with E-state index >= 15 is 0 Å². The van der Waals surface area contributed by atoms with Gasteiger partial charge in [-0.1, -0.05) is 53.0 Å². The average Bonchev–Trinajstić information content (AvgIpc) is 2.63. The lowest BCUT2D eigenvalue weighted by Crippen LogP contribution is -2.15. The fraction of sp³-hybridized carbons (Fsp3) is 0. The number of amides is 1. The number of carbonyl (C=O) groups excluding carboxylic acids is 2. The van der Waals surface area contributed by atoms with E-state index in [-0.39, 0.29) is 17.3 Å². The molecule has 3 aromatic rings. The molecule has 0 heterocycles. The molecule has 0 saturated carbocycles. The highest BCUT2D eigenvalue weighted by Crippen LogP contribution is 2.27. The molecule has 0 atom stereocenters. The van der Waals surface area contributed by atoms with Crippen LogP contribution in [0.1, 0.15) is 26.3 Å². The number of hydrogen-bond acceptors (Lipinski definition) is 2. The largest absolute Gasteiger partial charge is 0.321 e. The van der Waals surface area contributed by atoms with Crippen LogP contribution in [-0.4, -0.2) is 11.7 Å². The molecule has 130 valence electrons. The molecule has 0 aliphatic carbocycles. The Hall–Kier alpha value is -2.33. The normalized spacial score (nSPS) is 10.4. The Bertz CT molecular complexity index is 1000. The molecule has 0 aromatic heterocycles. The maximum Gasteiger partial charge on any atom is 0.255 e. The molecule has 0 saturated heterocycles. The highest BCUT2D eigenvalue weighted by Gasteiger charge is 2.18. The topological polar surface area (TPSA) is 46.2 Å². The minimum atomic E-state index is -0.386. The molecule has 0 fully saturated rings. The number of hydrogen-bond donors (Lipinski definition) is 1. The minimum absolute atomic E-state index is 0.251. The summed E-state index contributed by atoms with van der Waals surface area (Å²) in [6.45, 7) is 0. The lowest BCUT2D eigenvalue weighted by atomic mass is 10.0. The van der Waals surface area contributed by atoms with E-state index in [1.165, 1.54) is 6.07 Å². The lowest BCUT2D eigenvalue weighted by Gasteiger charge is -2.12. The number of benzene rings is 3. The van der Waals surface area contributed by atoms with Crippen molar-refractivity contribution in [3.8, 4) is 0 Å². The Kier molecular flexibility index (Phi) is 5.62. The van der Waals surface area contributed by atoms with Crippen molar-refractivity contribution in [3.05, 3.63) is 98.5 Å². The van der Waals surface area contributed by atoms with Crippen molar-refractivity contribution in [2.75, 3.05) is 5.32 Å². The number of nitrogens with one attached hydrogen (secondary N) is 1. The van der Waals surface area contributed by atoms with Crippen LogP contribution < -0.4 is 5.32 Å². The first-order valence-electron chi connectivity index (χ1n) is 7.61. The molecule has 0 radical (unpaired) electrons. The third kappa shape index (κ3) is 4.07. The first kappa shape index (κ1) is 18.5. The van der Waals surface area contributed by atoms with Crippen molar-refractivity contribution >= 4 is 52.2 Å². The fourth-order valence-electron chi connectivity index (χ4n) is 2.43. The highest BCUT2D eigenvalue weighted by atomic mass is 35.5. The zero-order valence-corrected chi connectivity index (χ0v) is 15.6. The van der Waals surface area contributed by atoms with Gasteiger partial charge in [-0.3, -0.25) is 9.59 Å². The average molecular weight is 405 g/mol. The molecule has 1 amide bonds. The van der Waals surface area contributed by atoms with Gasteiger partial charge < -0.3 is 5.32 Å². The SMILES string of the molecule is O=C(Nc1ccc(Cl)cc1C(=O)c1ccccc1Cl)c1cccc(Cl)c1. The second kappa shape index (κ2) is 7.92. The van der Waals surface area contributed by atoms with Gasteiger partial charge in [0.1, 0.15) is 0 Å². The first-order valence-corrected chi connectivity index (χ1v) is 8.75. The fourth-order valence-corrected chi connectivity index (χ4v) is 3.01. The molecular formula is C20H12Cl3NO2. The third-order valence-corrected chi connectivity index (χ3v) is 4.48. The quantitative estimate of drug-likeness (QED) is 0.532. The maximum atomic E-state index is 12.9. The van der Waals surface area contributed by atoms with Crippen LogP contribution in [0.15, 0.2) is 66.7 Å². The molecule has 6 heteroatoms. The Morgan fingerprint density at radius 1 is 0.731 bits per heavy atom. The van der Waals surface area contributed by atoms with Crippen molar-refractivity contribution in [1.82, 2.24) is 0 Å². The van der Waals surface area contributed by atoms with E-state index in [0.29, 0.717) is 31.9 Å². The zero-order valence-electron chi connectivity index (χ0n) is 13.3. The number of halogens is 3. The summed E-state index contributed by atoms with van der Waals surface area (Å²) in [5.74, 6) is -0.720. The van der Waals surface area contributed by atoms with Gasteiger partial charge in [-0.15, -0.1) is 0 Å². The Balaban J connectivity index is 1.97. The Morgan fingerprint density at radius 3 is 2.19 bits per heavy atom. The predicted octanol–water partition coefficient (Wildman–Crippen LogP) is 6.13. The van der Waals surface area contributed by atoms with Crippen LogP contribution in [-0.2, 0) is 0 Å². The lowest BCUT2D eigenvalue weighted by molar-refractivity contribution is 0.102. The Labute approximate surface area is 165 Å². The second-order valence-corrected chi connectivity index (χ2v) is 6.74. The second-order valence-electron chi connectivity index (χ2n) is 5.46. The molecule has 26 heavy (non-hydrogen) atoms. The van der Waals surface area contributed by atoms with Crippen LogP contribution in [0.5, 0.6) is 0 Å². The Morgan fingerprint density at radius 2 is 1.46 bits per heavy atom. The van der Waals surface area contributed by atoms with E-state index in [1.54, 1.807) is 60.7 Å². The summed E-state index contributed by atoms with van der Waals surface area (Å²) in [5.41, 5.74) is 1.29. The van der Waals surface area contributed by atoms with E-state index in [4.69, 9.17) is 34.8 Å². The highest BCUT2D eigenvalue weighted by molar-refractivity contribution is 6.36. The number of ketones is 1. The van der Waals surface area contributed by atoms with Crippen LogP contribution in [0.3, 0.4) is 0 Å². The number of anilines is 1. The van der Waals surface area contributed by atoms with Gasteiger partial charge in [-0.25, -0.2) is 0 Å². The summed E-state index contributed by atoms with van der Waals surface area (Å²) in [7, 11) is 0. The van der Waals surface area contributed by atoms with Crippen LogP contribution in [0.4, 0.5) is 5.69 Å². The van der Waals surface area contributed by atoms with E-state index < -0.39 is 0 Å². The molecule has 0 unspecified atom stereocenters. The van der Waals surface area contributed by atoms with Gasteiger partial charge in [0.25, 0.3) is 5.91 Å². The van der Waals surface area contributed by atoms with Crippen molar-refractivity contribution in [2.24, 2.45) is 0 Å². The molecule has 0 spiro atoms. The summed E-state index contributed by atoms with van der Waals surface area (Å²) < 4.78 is 0. The number of rotatable bonds is 4. The summed E-state index contributed by atoms with van der Waals surface area (Å²) in [5, 5.41) is 3.88. The third-order valence-electron chi connectivity index (χ3n) is 3.68. The molecule has 0 aliphatic rings.